The summed E-state index contributed by atoms with van der Waals surface area (Å²) in [4.78, 5) is 21.9. The third kappa shape index (κ3) is 4.23. The summed E-state index contributed by atoms with van der Waals surface area (Å²) in [5, 5.41) is 0.199. The Labute approximate surface area is 127 Å². The maximum atomic E-state index is 12.5. The van der Waals surface area contributed by atoms with Gasteiger partial charge in [-0.3, -0.25) is 4.21 Å². The largest absolute Gasteiger partial charge is 0.444 e. The topological polar surface area (TPSA) is 72.4 Å². The molecule has 0 aliphatic carbocycles. The molecule has 0 bridgehead atoms. The highest BCUT2D eigenvalue weighted by Crippen LogP contribution is 2.20. The molecule has 6 nitrogen and oxygen atoms in total. The average Bonchev–Trinajstić information content (AvgIpc) is 2.85. The summed E-state index contributed by atoms with van der Waals surface area (Å²) in [5.41, 5.74) is 0.267. The fourth-order valence-electron chi connectivity index (χ4n) is 2.07. The lowest BCUT2D eigenvalue weighted by Gasteiger charge is -2.24. The van der Waals surface area contributed by atoms with Gasteiger partial charge in [-0.2, -0.15) is 0 Å². The molecule has 0 radical (unpaired) electrons. The second kappa shape index (κ2) is 6.09. The van der Waals surface area contributed by atoms with Gasteiger partial charge in [0.1, 0.15) is 5.60 Å². The quantitative estimate of drug-likeness (QED) is 0.780. The highest BCUT2D eigenvalue weighted by atomic mass is 32.2. The van der Waals surface area contributed by atoms with E-state index >= 15 is 0 Å². The zero-order valence-corrected chi connectivity index (χ0v) is 13.6. The Morgan fingerprint density at radius 2 is 2.19 bits per heavy atom. The molecule has 21 heavy (non-hydrogen) atoms. The number of carbonyl (C=O) groups is 1. The maximum absolute atomic E-state index is 12.5. The van der Waals surface area contributed by atoms with Crippen LogP contribution >= 0.6 is 0 Å². The Kier molecular flexibility index (Phi) is 4.61. The summed E-state index contributed by atoms with van der Waals surface area (Å²) in [7, 11) is -1.30. The van der Waals surface area contributed by atoms with E-state index in [0.717, 1.165) is 5.69 Å². The monoisotopic (exact) mass is 311 g/mol. The molecule has 0 N–H and O–H groups in total. The van der Waals surface area contributed by atoms with Gasteiger partial charge in [-0.05, 0) is 40.2 Å². The predicted molar refractivity (Wildman–Crippen MR) is 79.4 cm³/mol. The first kappa shape index (κ1) is 15.9. The first-order valence-electron chi connectivity index (χ1n) is 6.94. The lowest BCUT2D eigenvalue weighted by molar-refractivity contribution is 0.0295. The Morgan fingerprint density at radius 3 is 2.81 bits per heavy atom. The third-order valence-corrected chi connectivity index (χ3v) is 4.60. The number of carbonyl (C=O) groups excluding carboxylic acids is 1. The van der Waals surface area contributed by atoms with Crippen LogP contribution < -0.4 is 0 Å². The Hall–Kier alpha value is -1.50. The standard InChI is InChI=1S/C14H21N3O3S/c1-10-5-7-15-12(16-10)21(19)11-6-8-17(9-11)13(18)20-14(2,3)4/h5,7,11H,6,8-9H2,1-4H3/t11-,21+/m0/s1. The van der Waals surface area contributed by atoms with Crippen LogP contribution in [0.4, 0.5) is 4.79 Å². The molecule has 2 rings (SSSR count). The van der Waals surface area contributed by atoms with Crippen molar-refractivity contribution in [3.8, 4) is 0 Å². The number of ether oxygens (including phenoxy) is 1. The second-order valence-corrected chi connectivity index (χ2v) is 7.74. The average molecular weight is 311 g/mol. The van der Waals surface area contributed by atoms with Crippen molar-refractivity contribution in [2.45, 2.75) is 50.1 Å². The molecule has 1 saturated heterocycles. The summed E-state index contributed by atoms with van der Waals surface area (Å²) in [6.45, 7) is 8.30. The molecule has 0 spiro atoms. The number of likely N-dealkylation sites (tertiary alicyclic amines) is 1. The van der Waals surface area contributed by atoms with Crippen LogP contribution in [0.1, 0.15) is 32.9 Å². The van der Waals surface area contributed by atoms with Crippen LogP contribution in [0.5, 0.6) is 0 Å². The van der Waals surface area contributed by atoms with Crippen LogP contribution in [0.25, 0.3) is 0 Å². The maximum Gasteiger partial charge on any atom is 0.410 e. The Morgan fingerprint density at radius 1 is 1.48 bits per heavy atom. The highest BCUT2D eigenvalue weighted by molar-refractivity contribution is 7.85. The van der Waals surface area contributed by atoms with E-state index < -0.39 is 16.4 Å². The molecule has 0 saturated carbocycles. The third-order valence-electron chi connectivity index (χ3n) is 3.05. The Bertz CT molecular complexity index is 557. The lowest BCUT2D eigenvalue weighted by atomic mass is 10.2. The summed E-state index contributed by atoms with van der Waals surface area (Å²) in [5.74, 6) is 0. The minimum absolute atomic E-state index is 0.140. The minimum atomic E-state index is -1.30. The van der Waals surface area contributed by atoms with Crippen LogP contribution in [-0.4, -0.2) is 49.1 Å². The van der Waals surface area contributed by atoms with Crippen molar-refractivity contribution >= 4 is 16.9 Å². The molecule has 1 aromatic heterocycles. The molecule has 0 unspecified atom stereocenters. The molecule has 7 heteroatoms. The van der Waals surface area contributed by atoms with Crippen molar-refractivity contribution in [1.82, 2.24) is 14.9 Å². The van der Waals surface area contributed by atoms with Gasteiger partial charge in [-0.15, -0.1) is 0 Å². The zero-order chi connectivity index (χ0) is 15.6. The molecule has 116 valence electrons. The van der Waals surface area contributed by atoms with Gasteiger partial charge in [0.15, 0.2) is 0 Å². The van der Waals surface area contributed by atoms with E-state index in [4.69, 9.17) is 4.74 Å². The van der Waals surface area contributed by atoms with Crippen LogP contribution in [0.2, 0.25) is 0 Å². The van der Waals surface area contributed by atoms with E-state index in [9.17, 15) is 9.00 Å². The van der Waals surface area contributed by atoms with Gasteiger partial charge in [0, 0.05) is 25.0 Å². The number of aromatic nitrogens is 2. The molecule has 2 heterocycles. The number of aryl methyl sites for hydroxylation is 1. The molecule has 1 amide bonds. The second-order valence-electron chi connectivity index (χ2n) is 6.12. The smallest absolute Gasteiger partial charge is 0.410 e. The first-order chi connectivity index (χ1) is 9.76. The van der Waals surface area contributed by atoms with Crippen LogP contribution in [0, 0.1) is 6.92 Å². The van der Waals surface area contributed by atoms with E-state index in [0.29, 0.717) is 24.7 Å². The van der Waals surface area contributed by atoms with E-state index in [-0.39, 0.29) is 11.3 Å². The molecule has 1 aromatic rings. The van der Waals surface area contributed by atoms with E-state index in [1.165, 1.54) is 0 Å². The van der Waals surface area contributed by atoms with Crippen molar-refractivity contribution in [2.75, 3.05) is 13.1 Å². The molecule has 1 aliphatic heterocycles. The number of hydrogen-bond acceptors (Lipinski definition) is 5. The van der Waals surface area contributed by atoms with Crippen molar-refractivity contribution in [1.29, 1.82) is 0 Å². The molecule has 1 aliphatic rings. The lowest BCUT2D eigenvalue weighted by Crippen LogP contribution is -2.36. The van der Waals surface area contributed by atoms with Gasteiger partial charge in [0.25, 0.3) is 0 Å². The van der Waals surface area contributed by atoms with Gasteiger partial charge in [0.05, 0.1) is 16.0 Å². The van der Waals surface area contributed by atoms with Crippen molar-refractivity contribution in [3.05, 3.63) is 18.0 Å². The molecule has 2 atom stereocenters. The van der Waals surface area contributed by atoms with E-state index in [1.54, 1.807) is 17.2 Å². The number of rotatable bonds is 2. The highest BCUT2D eigenvalue weighted by Gasteiger charge is 2.34. The summed E-state index contributed by atoms with van der Waals surface area (Å²) >= 11 is 0. The van der Waals surface area contributed by atoms with Gasteiger partial charge >= 0.3 is 6.09 Å². The SMILES string of the molecule is Cc1ccnc([S@](=O)[C@H]2CCN(C(=O)OC(C)(C)C)C2)n1. The van der Waals surface area contributed by atoms with Gasteiger partial charge in [0.2, 0.25) is 5.16 Å². The first-order valence-corrected chi connectivity index (χ1v) is 8.16. The normalized spacial score (nSPS) is 20.4. The summed E-state index contributed by atoms with van der Waals surface area (Å²) < 4.78 is 17.8. The van der Waals surface area contributed by atoms with Crippen LogP contribution in [0.3, 0.4) is 0 Å². The molecule has 0 aromatic carbocycles. The van der Waals surface area contributed by atoms with Crippen molar-refractivity contribution in [3.63, 3.8) is 0 Å². The summed E-state index contributed by atoms with van der Waals surface area (Å²) in [6, 6.07) is 1.77. The zero-order valence-electron chi connectivity index (χ0n) is 12.8. The van der Waals surface area contributed by atoms with Gasteiger partial charge < -0.3 is 9.64 Å². The van der Waals surface area contributed by atoms with E-state index in [2.05, 4.69) is 9.97 Å². The van der Waals surface area contributed by atoms with Crippen molar-refractivity contribution in [2.24, 2.45) is 0 Å². The minimum Gasteiger partial charge on any atom is -0.444 e. The molecular weight excluding hydrogens is 290 g/mol. The van der Waals surface area contributed by atoms with Crippen LogP contribution in [-0.2, 0) is 15.5 Å². The van der Waals surface area contributed by atoms with Crippen LogP contribution in [0.15, 0.2) is 17.4 Å². The fourth-order valence-corrected chi connectivity index (χ4v) is 3.40. The number of nitrogens with zero attached hydrogens (tertiary/aromatic N) is 3. The molecular formula is C14H21N3O3S. The van der Waals surface area contributed by atoms with Crippen molar-refractivity contribution < 1.29 is 13.7 Å². The van der Waals surface area contributed by atoms with Gasteiger partial charge in [-0.25, -0.2) is 14.8 Å². The van der Waals surface area contributed by atoms with Gasteiger partial charge in [-0.1, -0.05) is 0 Å². The number of hydrogen-bond donors (Lipinski definition) is 0. The predicted octanol–water partition coefficient (Wildman–Crippen LogP) is 1.90. The van der Waals surface area contributed by atoms with E-state index in [1.807, 2.05) is 27.7 Å². The summed E-state index contributed by atoms with van der Waals surface area (Å²) in [6.07, 6.45) is 1.92. The fraction of sp³-hybridized carbons (Fsp3) is 0.643. The molecule has 1 fully saturated rings. The number of amides is 1. The Balaban J connectivity index is 1.99.